The second kappa shape index (κ2) is 6.86. The molecule has 0 saturated carbocycles. The molecule has 0 aromatic carbocycles. The summed E-state index contributed by atoms with van der Waals surface area (Å²) < 4.78 is 4.90. The molecular formula is C14H15N3O7. The summed E-state index contributed by atoms with van der Waals surface area (Å²) in [6.07, 6.45) is -0.0330. The summed E-state index contributed by atoms with van der Waals surface area (Å²) in [6, 6.07) is -0.301. The second-order valence-corrected chi connectivity index (χ2v) is 4.73. The van der Waals surface area contributed by atoms with E-state index in [-0.39, 0.29) is 29.3 Å². The zero-order valence-corrected chi connectivity index (χ0v) is 12.7. The molecule has 0 saturated heterocycles. The number of hydrogen-bond donors (Lipinski definition) is 3. The highest BCUT2D eigenvalue weighted by molar-refractivity contribution is 6.08. The van der Waals surface area contributed by atoms with Gasteiger partial charge in [0, 0.05) is 11.6 Å². The van der Waals surface area contributed by atoms with Gasteiger partial charge < -0.3 is 24.9 Å². The number of carboxylic acid groups (broad SMARTS) is 2. The summed E-state index contributed by atoms with van der Waals surface area (Å²) in [5.74, 6) is -1.99. The van der Waals surface area contributed by atoms with Crippen LogP contribution >= 0.6 is 0 Å². The number of amides is 1. The molecule has 10 nitrogen and oxygen atoms in total. The number of carbonyl (C=O) groups is 2. The van der Waals surface area contributed by atoms with Gasteiger partial charge >= 0.3 is 12.1 Å². The number of ether oxygens (including phenoxy) is 1. The van der Waals surface area contributed by atoms with Gasteiger partial charge in [0.1, 0.15) is 12.3 Å². The summed E-state index contributed by atoms with van der Waals surface area (Å²) in [7, 11) is 1.28. The van der Waals surface area contributed by atoms with E-state index in [1.165, 1.54) is 19.3 Å². The van der Waals surface area contributed by atoms with Crippen LogP contribution in [0.4, 0.5) is 4.79 Å². The number of oxime groups is 1. The lowest BCUT2D eigenvalue weighted by Crippen LogP contribution is -2.46. The van der Waals surface area contributed by atoms with Gasteiger partial charge in [-0.15, -0.1) is 0 Å². The van der Waals surface area contributed by atoms with Crippen molar-refractivity contribution in [2.75, 3.05) is 20.3 Å². The summed E-state index contributed by atoms with van der Waals surface area (Å²) in [4.78, 5) is 32.4. The van der Waals surface area contributed by atoms with Gasteiger partial charge in [0.15, 0.2) is 6.04 Å². The first kappa shape index (κ1) is 17.1. The quantitative estimate of drug-likeness (QED) is 0.407. The molecule has 0 fully saturated rings. The molecule has 1 amide bonds. The molecule has 1 aliphatic heterocycles. The van der Waals surface area contributed by atoms with Gasteiger partial charge in [0.05, 0.1) is 19.2 Å². The average Bonchev–Trinajstić information content (AvgIpc) is 2.53. The molecule has 128 valence electrons. The smallest absolute Gasteiger partial charge is 0.408 e. The van der Waals surface area contributed by atoms with E-state index in [1.54, 1.807) is 0 Å². The topological polar surface area (TPSA) is 142 Å². The minimum atomic E-state index is -1.54. The molecular weight excluding hydrogens is 322 g/mol. The number of carboxylic acids is 1. The Balaban J connectivity index is 2.66. The van der Waals surface area contributed by atoms with Crippen molar-refractivity contribution in [2.45, 2.75) is 6.04 Å². The van der Waals surface area contributed by atoms with Crippen molar-refractivity contribution in [1.82, 2.24) is 9.88 Å². The van der Waals surface area contributed by atoms with E-state index < -0.39 is 30.5 Å². The Hall–Kier alpha value is -3.30. The van der Waals surface area contributed by atoms with Gasteiger partial charge in [-0.3, -0.25) is 4.90 Å². The molecule has 3 N–H and O–H groups in total. The molecule has 1 aliphatic rings. The number of aliphatic carboxylic acids is 1. The molecule has 0 bridgehead atoms. The molecule has 10 heteroatoms. The summed E-state index contributed by atoms with van der Waals surface area (Å²) in [5, 5.41) is 32.6. The maximum absolute atomic E-state index is 11.6. The van der Waals surface area contributed by atoms with Crippen LogP contribution in [0.25, 0.3) is 0 Å². The number of nitrogens with zero attached hydrogens (tertiary/aromatic N) is 3. The lowest BCUT2D eigenvalue weighted by molar-refractivity contribution is -0.142. The summed E-state index contributed by atoms with van der Waals surface area (Å²) in [6.45, 7) is 3.11. The Morgan fingerprint density at radius 1 is 1.54 bits per heavy atom. The van der Waals surface area contributed by atoms with E-state index in [0.717, 1.165) is 0 Å². The zero-order valence-electron chi connectivity index (χ0n) is 12.7. The Morgan fingerprint density at radius 3 is 2.79 bits per heavy atom. The monoisotopic (exact) mass is 337 g/mol. The third kappa shape index (κ3) is 3.07. The van der Waals surface area contributed by atoms with Crippen LogP contribution in [0.1, 0.15) is 17.2 Å². The van der Waals surface area contributed by atoms with E-state index in [0.29, 0.717) is 4.90 Å². The van der Waals surface area contributed by atoms with Crippen molar-refractivity contribution in [3.63, 3.8) is 0 Å². The first-order chi connectivity index (χ1) is 11.4. The van der Waals surface area contributed by atoms with Crippen molar-refractivity contribution in [3.8, 4) is 11.8 Å². The van der Waals surface area contributed by atoms with Gasteiger partial charge in [-0.25, -0.2) is 9.59 Å². The maximum Gasteiger partial charge on any atom is 0.408 e. The molecule has 24 heavy (non-hydrogen) atoms. The van der Waals surface area contributed by atoms with E-state index in [9.17, 15) is 24.9 Å². The van der Waals surface area contributed by atoms with Gasteiger partial charge in [0.25, 0.3) is 0 Å². The highest BCUT2D eigenvalue weighted by atomic mass is 16.6. The van der Waals surface area contributed by atoms with Crippen LogP contribution < -0.4 is 4.74 Å². The highest BCUT2D eigenvalue weighted by Gasteiger charge is 2.41. The molecule has 2 heterocycles. The molecule has 1 atom stereocenters. The lowest BCUT2D eigenvalue weighted by atomic mass is 9.92. The Bertz CT molecular complexity index is 717. The summed E-state index contributed by atoms with van der Waals surface area (Å²) in [5.41, 5.74) is 0.0191. The second-order valence-electron chi connectivity index (χ2n) is 4.73. The molecule has 1 unspecified atom stereocenters. The average molecular weight is 337 g/mol. The zero-order chi connectivity index (χ0) is 17.9. The van der Waals surface area contributed by atoms with E-state index in [4.69, 9.17) is 9.57 Å². The van der Waals surface area contributed by atoms with E-state index in [2.05, 4.69) is 16.7 Å². The van der Waals surface area contributed by atoms with Crippen LogP contribution in [0.3, 0.4) is 0 Å². The number of methoxy groups -OCH3 is 1. The van der Waals surface area contributed by atoms with Crippen LogP contribution in [0.15, 0.2) is 23.9 Å². The van der Waals surface area contributed by atoms with Gasteiger partial charge in [-0.2, -0.15) is 4.98 Å². The maximum atomic E-state index is 11.6. The molecule has 2 rings (SSSR count). The highest BCUT2D eigenvalue weighted by Crippen LogP contribution is 2.36. The minimum Gasteiger partial charge on any atom is -0.493 e. The number of aromatic hydroxyl groups is 1. The van der Waals surface area contributed by atoms with Crippen LogP contribution in [0.2, 0.25) is 0 Å². The predicted octanol–water partition coefficient (Wildman–Crippen LogP) is 0.822. The van der Waals surface area contributed by atoms with Crippen molar-refractivity contribution in [3.05, 3.63) is 29.8 Å². The fourth-order valence-corrected chi connectivity index (χ4v) is 2.33. The van der Waals surface area contributed by atoms with Crippen molar-refractivity contribution in [1.29, 1.82) is 0 Å². The van der Waals surface area contributed by atoms with Crippen molar-refractivity contribution < 1.29 is 34.5 Å². The van der Waals surface area contributed by atoms with Crippen LogP contribution in [0.5, 0.6) is 11.8 Å². The first-order valence-electron chi connectivity index (χ1n) is 6.71. The number of fused-ring (bicyclic) bond motifs is 1. The van der Waals surface area contributed by atoms with E-state index in [1.807, 2.05) is 0 Å². The van der Waals surface area contributed by atoms with Gasteiger partial charge in [-0.05, 0) is 0 Å². The van der Waals surface area contributed by atoms with Crippen molar-refractivity contribution in [2.24, 2.45) is 5.16 Å². The molecule has 0 spiro atoms. The number of aromatic nitrogens is 1. The third-order valence-corrected chi connectivity index (χ3v) is 3.28. The van der Waals surface area contributed by atoms with Crippen molar-refractivity contribution >= 4 is 17.8 Å². The fraction of sp³-hybridized carbons (Fsp3) is 0.286. The third-order valence-electron chi connectivity index (χ3n) is 3.28. The SMILES string of the molecule is C=CCO/N=C1\CN(C(=O)O)C(C(=O)O)c2cc(OC)nc(O)c21. The number of pyridine rings is 1. The van der Waals surface area contributed by atoms with Gasteiger partial charge in [0.2, 0.25) is 11.8 Å². The Kier molecular flexibility index (Phi) is 4.87. The molecule has 0 aliphatic carbocycles. The van der Waals surface area contributed by atoms with Gasteiger partial charge in [-0.1, -0.05) is 17.8 Å². The predicted molar refractivity (Wildman–Crippen MR) is 80.2 cm³/mol. The fourth-order valence-electron chi connectivity index (χ4n) is 2.33. The standard InChI is InChI=1S/C14H15N3O7/c1-3-4-24-16-8-6-17(14(21)22)11(13(19)20)7-5-9(23-2)15-12(18)10(7)8/h3,5,11H,1,4,6H2,2H3,(H,15,18)(H,19,20)(H,21,22)/b16-8+. The normalized spacial score (nSPS) is 18.0. The Morgan fingerprint density at radius 2 is 2.25 bits per heavy atom. The molecule has 1 aromatic heterocycles. The lowest BCUT2D eigenvalue weighted by Gasteiger charge is -2.33. The minimum absolute atomic E-state index is 0.00441. The summed E-state index contributed by atoms with van der Waals surface area (Å²) >= 11 is 0. The Labute approximate surface area is 136 Å². The largest absolute Gasteiger partial charge is 0.493 e. The molecule has 0 radical (unpaired) electrons. The number of rotatable bonds is 5. The first-order valence-corrected chi connectivity index (χ1v) is 6.71. The van der Waals surface area contributed by atoms with E-state index >= 15 is 0 Å². The molecule has 1 aromatic rings. The van der Waals surface area contributed by atoms with Crippen LogP contribution in [-0.2, 0) is 9.63 Å². The van der Waals surface area contributed by atoms with Crippen LogP contribution in [0, 0.1) is 0 Å². The number of hydrogen-bond acceptors (Lipinski definition) is 7. The van der Waals surface area contributed by atoms with Crippen LogP contribution in [-0.4, -0.2) is 63.2 Å².